The first kappa shape index (κ1) is 19.0. The van der Waals surface area contributed by atoms with Crippen molar-refractivity contribution in [3.63, 3.8) is 0 Å². The summed E-state index contributed by atoms with van der Waals surface area (Å²) in [4.78, 5) is 27.2. The zero-order valence-electron chi connectivity index (χ0n) is 15.4. The highest BCUT2D eigenvalue weighted by Crippen LogP contribution is 2.39. The van der Waals surface area contributed by atoms with Gasteiger partial charge in [0.2, 0.25) is 0 Å². The van der Waals surface area contributed by atoms with Crippen molar-refractivity contribution in [1.29, 1.82) is 0 Å². The first-order valence-corrected chi connectivity index (χ1v) is 9.35. The Balaban J connectivity index is 1.70. The van der Waals surface area contributed by atoms with E-state index >= 15 is 0 Å². The van der Waals surface area contributed by atoms with Crippen LogP contribution in [0.15, 0.2) is 60.7 Å². The average molecular weight is 411 g/mol. The number of nitrogens with zero attached hydrogens (tertiary/aromatic N) is 1. The predicted molar refractivity (Wildman–Crippen MR) is 110 cm³/mol. The van der Waals surface area contributed by atoms with E-state index in [-0.39, 0.29) is 16.5 Å². The molecule has 1 heterocycles. The highest BCUT2D eigenvalue weighted by atomic mass is 35.5. The molecule has 3 aromatic carbocycles. The molecule has 0 radical (unpaired) electrons. The summed E-state index contributed by atoms with van der Waals surface area (Å²) in [6.45, 7) is 2.31. The summed E-state index contributed by atoms with van der Waals surface area (Å²) in [6.07, 6.45) is 0. The van der Waals surface area contributed by atoms with Crippen molar-refractivity contribution in [1.82, 2.24) is 0 Å². The van der Waals surface area contributed by atoms with Crippen LogP contribution >= 0.6 is 11.6 Å². The molecule has 0 spiro atoms. The van der Waals surface area contributed by atoms with Gasteiger partial charge in [0.05, 0.1) is 21.8 Å². The van der Waals surface area contributed by atoms with Crippen LogP contribution in [0, 0.1) is 5.82 Å². The van der Waals surface area contributed by atoms with Crippen LogP contribution in [-0.4, -0.2) is 18.4 Å². The number of fused-ring (bicyclic) bond motifs is 2. The third kappa shape index (κ3) is 3.43. The number of nitrogens with one attached hydrogen (secondary N) is 1. The van der Waals surface area contributed by atoms with E-state index < -0.39 is 11.7 Å². The van der Waals surface area contributed by atoms with Gasteiger partial charge in [-0.1, -0.05) is 29.8 Å². The van der Waals surface area contributed by atoms with E-state index in [2.05, 4.69) is 5.32 Å². The first-order valence-electron chi connectivity index (χ1n) is 8.97. The van der Waals surface area contributed by atoms with Crippen molar-refractivity contribution in [3.8, 4) is 11.5 Å². The lowest BCUT2D eigenvalue weighted by Crippen LogP contribution is -2.29. The van der Waals surface area contributed by atoms with Crippen LogP contribution in [0.4, 0.5) is 15.8 Å². The monoisotopic (exact) mass is 410 g/mol. The number of para-hydroxylation sites is 2. The Morgan fingerprint density at radius 2 is 1.90 bits per heavy atom. The molecule has 0 bridgehead atoms. The normalized spacial score (nSPS) is 12.5. The van der Waals surface area contributed by atoms with Gasteiger partial charge in [-0.25, -0.2) is 4.39 Å². The van der Waals surface area contributed by atoms with Gasteiger partial charge in [-0.05, 0) is 49.4 Å². The fraction of sp³-hybridized carbons (Fsp3) is 0.0909. The minimum absolute atomic E-state index is 0.00396. The molecule has 0 saturated heterocycles. The molecule has 3 aromatic rings. The second-order valence-electron chi connectivity index (χ2n) is 6.38. The number of carbonyl (C=O) groups excluding carboxylic acids is 2. The van der Waals surface area contributed by atoms with Gasteiger partial charge in [0.25, 0.3) is 11.8 Å². The Hall–Kier alpha value is -3.38. The van der Waals surface area contributed by atoms with E-state index in [0.717, 1.165) is 6.07 Å². The van der Waals surface area contributed by atoms with Gasteiger partial charge in [-0.3, -0.25) is 9.59 Å². The summed E-state index contributed by atoms with van der Waals surface area (Å²) in [7, 11) is 0. The van der Waals surface area contributed by atoms with Crippen LogP contribution in [0.25, 0.3) is 0 Å². The molecule has 0 saturated carbocycles. The number of amides is 2. The molecule has 7 heteroatoms. The number of halogens is 2. The molecule has 5 nitrogen and oxygen atoms in total. The molecule has 1 aliphatic rings. The lowest BCUT2D eigenvalue weighted by atomic mass is 10.1. The standard InChI is InChI=1S/C22H16ClFN2O3/c1-2-26-17-8-3-4-9-19(17)29-18-11-10-13(12-14(18)22(26)28)25-21(27)20-15(23)6-5-7-16(20)24/h3-12H,2H2,1H3,(H,25,27). The van der Waals surface area contributed by atoms with Gasteiger partial charge in [0.1, 0.15) is 11.6 Å². The molecule has 29 heavy (non-hydrogen) atoms. The Morgan fingerprint density at radius 3 is 2.66 bits per heavy atom. The summed E-state index contributed by atoms with van der Waals surface area (Å²) >= 11 is 5.96. The van der Waals surface area contributed by atoms with Crippen LogP contribution in [0.3, 0.4) is 0 Å². The molecule has 4 rings (SSSR count). The van der Waals surface area contributed by atoms with Crippen molar-refractivity contribution < 1.29 is 18.7 Å². The van der Waals surface area contributed by atoms with Gasteiger partial charge in [0.15, 0.2) is 5.75 Å². The number of benzene rings is 3. The Bertz CT molecular complexity index is 1110. The molecular weight excluding hydrogens is 395 g/mol. The minimum Gasteiger partial charge on any atom is -0.454 e. The van der Waals surface area contributed by atoms with E-state index in [0.29, 0.717) is 35.0 Å². The van der Waals surface area contributed by atoms with Gasteiger partial charge in [-0.2, -0.15) is 0 Å². The molecule has 1 N–H and O–H groups in total. The zero-order valence-corrected chi connectivity index (χ0v) is 16.2. The summed E-state index contributed by atoms with van der Waals surface area (Å²) in [6, 6.07) is 16.0. The molecule has 0 unspecified atom stereocenters. The zero-order chi connectivity index (χ0) is 20.5. The fourth-order valence-electron chi connectivity index (χ4n) is 3.23. The lowest BCUT2D eigenvalue weighted by molar-refractivity contribution is 0.0985. The van der Waals surface area contributed by atoms with Crippen molar-refractivity contribution in [3.05, 3.63) is 82.6 Å². The maximum atomic E-state index is 14.0. The molecule has 0 atom stereocenters. The second kappa shape index (κ2) is 7.56. The maximum Gasteiger partial charge on any atom is 0.262 e. The SMILES string of the molecule is CCN1C(=O)c2cc(NC(=O)c3c(F)cccc3Cl)ccc2Oc2ccccc21. The number of ether oxygens (including phenoxy) is 1. The van der Waals surface area contributed by atoms with Crippen LogP contribution in [0.2, 0.25) is 5.02 Å². The Labute approximate surface area is 171 Å². The van der Waals surface area contributed by atoms with Crippen LogP contribution in [-0.2, 0) is 0 Å². The van der Waals surface area contributed by atoms with E-state index in [9.17, 15) is 14.0 Å². The largest absolute Gasteiger partial charge is 0.454 e. The molecule has 0 aromatic heterocycles. The number of carbonyl (C=O) groups is 2. The Kier molecular flexibility index (Phi) is 4.94. The Morgan fingerprint density at radius 1 is 1.10 bits per heavy atom. The topological polar surface area (TPSA) is 58.6 Å². The summed E-state index contributed by atoms with van der Waals surface area (Å²) in [5, 5.41) is 2.60. The van der Waals surface area contributed by atoms with E-state index in [1.165, 1.54) is 18.2 Å². The van der Waals surface area contributed by atoms with E-state index in [1.807, 2.05) is 25.1 Å². The van der Waals surface area contributed by atoms with Crippen LogP contribution in [0.1, 0.15) is 27.6 Å². The summed E-state index contributed by atoms with van der Waals surface area (Å²) in [5.74, 6) is -0.744. The molecule has 0 fully saturated rings. The highest BCUT2D eigenvalue weighted by Gasteiger charge is 2.27. The number of rotatable bonds is 3. The third-order valence-electron chi connectivity index (χ3n) is 4.60. The van der Waals surface area contributed by atoms with Crippen molar-refractivity contribution in [2.24, 2.45) is 0 Å². The number of hydrogen-bond donors (Lipinski definition) is 1. The van der Waals surface area contributed by atoms with Gasteiger partial charge in [-0.15, -0.1) is 0 Å². The predicted octanol–water partition coefficient (Wildman–Crippen LogP) is 5.50. The lowest BCUT2D eigenvalue weighted by Gasteiger charge is -2.19. The molecular formula is C22H16ClFN2O3. The van der Waals surface area contributed by atoms with E-state index in [1.54, 1.807) is 23.1 Å². The number of hydrogen-bond acceptors (Lipinski definition) is 3. The van der Waals surface area contributed by atoms with Crippen molar-refractivity contribution in [2.45, 2.75) is 6.92 Å². The van der Waals surface area contributed by atoms with Crippen LogP contribution in [0.5, 0.6) is 11.5 Å². The fourth-order valence-corrected chi connectivity index (χ4v) is 3.47. The molecule has 0 aliphatic carbocycles. The first-order chi connectivity index (χ1) is 14.0. The second-order valence-corrected chi connectivity index (χ2v) is 6.79. The third-order valence-corrected chi connectivity index (χ3v) is 4.91. The maximum absolute atomic E-state index is 14.0. The highest BCUT2D eigenvalue weighted by molar-refractivity contribution is 6.34. The quantitative estimate of drug-likeness (QED) is 0.619. The van der Waals surface area contributed by atoms with Crippen LogP contribution < -0.4 is 15.0 Å². The van der Waals surface area contributed by atoms with Gasteiger partial charge < -0.3 is 15.0 Å². The average Bonchev–Trinajstić information content (AvgIpc) is 2.81. The number of anilines is 2. The molecule has 146 valence electrons. The van der Waals surface area contributed by atoms with Gasteiger partial charge >= 0.3 is 0 Å². The summed E-state index contributed by atoms with van der Waals surface area (Å²) in [5.41, 5.74) is 1.03. The van der Waals surface area contributed by atoms with E-state index in [4.69, 9.17) is 16.3 Å². The van der Waals surface area contributed by atoms with Crippen molar-refractivity contribution in [2.75, 3.05) is 16.8 Å². The molecule has 1 aliphatic heterocycles. The minimum atomic E-state index is -0.725. The van der Waals surface area contributed by atoms with Gasteiger partial charge in [0, 0.05) is 12.2 Å². The van der Waals surface area contributed by atoms with Crippen molar-refractivity contribution >= 4 is 34.8 Å². The molecule has 2 amide bonds. The smallest absolute Gasteiger partial charge is 0.262 e. The summed E-state index contributed by atoms with van der Waals surface area (Å²) < 4.78 is 19.9.